The van der Waals surface area contributed by atoms with Crippen LogP contribution in [0.3, 0.4) is 0 Å². The molecule has 1 fully saturated rings. The predicted molar refractivity (Wildman–Crippen MR) is 147 cm³/mol. The number of hydrogen-bond donors (Lipinski definition) is 2. The predicted octanol–water partition coefficient (Wildman–Crippen LogP) is 4.57. The highest BCUT2D eigenvalue weighted by molar-refractivity contribution is 5.92. The summed E-state index contributed by atoms with van der Waals surface area (Å²) in [5.41, 5.74) is -1.36. The van der Waals surface area contributed by atoms with Gasteiger partial charge in [-0.05, 0) is 45.7 Å². The molecule has 2 atom stereocenters. The molecule has 1 saturated carbocycles. The minimum Gasteiger partial charge on any atom is -0.382 e. The second-order valence-electron chi connectivity index (χ2n) is 11.8. The molecule has 4 rings (SSSR count). The molecule has 1 aliphatic rings. The number of carbonyl (C=O) groups excluding carboxylic acids is 2. The summed E-state index contributed by atoms with van der Waals surface area (Å²) in [4.78, 5) is 30.3. The average Bonchev–Trinajstić information content (AvgIpc) is 3.56. The zero-order valence-electron chi connectivity index (χ0n) is 25.0. The van der Waals surface area contributed by atoms with Crippen LogP contribution in [-0.2, 0) is 14.3 Å². The van der Waals surface area contributed by atoms with Gasteiger partial charge in [0.05, 0.1) is 43.4 Å². The van der Waals surface area contributed by atoms with Gasteiger partial charge in [0.2, 0.25) is 11.8 Å². The maximum absolute atomic E-state index is 13.6. The summed E-state index contributed by atoms with van der Waals surface area (Å²) in [7, 11) is 1.44. The molecule has 0 saturated heterocycles. The van der Waals surface area contributed by atoms with E-state index < -0.39 is 54.1 Å². The minimum atomic E-state index is -4.67. The molecule has 2 N–H and O–H groups in total. The third kappa shape index (κ3) is 7.70. The monoisotopic (exact) mass is 629 g/mol. The fraction of sp³-hybridized carbons (Fsp3) is 0.607. The Morgan fingerprint density at radius 2 is 1.82 bits per heavy atom. The number of carbonyl (C=O) groups is 2. The lowest BCUT2D eigenvalue weighted by molar-refractivity contribution is -0.265. The van der Waals surface area contributed by atoms with Gasteiger partial charge < -0.3 is 20.1 Å². The van der Waals surface area contributed by atoms with Gasteiger partial charge in [0.1, 0.15) is 5.69 Å². The summed E-state index contributed by atoms with van der Waals surface area (Å²) in [5.74, 6) is -4.14. The Labute approximate surface area is 250 Å². The Morgan fingerprint density at radius 3 is 2.43 bits per heavy atom. The van der Waals surface area contributed by atoms with Gasteiger partial charge in [0.25, 0.3) is 5.91 Å². The van der Waals surface area contributed by atoms with Crippen molar-refractivity contribution in [3.8, 4) is 0 Å². The highest BCUT2D eigenvalue weighted by Gasteiger charge is 2.49. The molecule has 2 amide bonds. The molecule has 3 aromatic heterocycles. The van der Waals surface area contributed by atoms with Gasteiger partial charge >= 0.3 is 6.18 Å². The molecule has 0 bridgehead atoms. The van der Waals surface area contributed by atoms with Crippen LogP contribution in [0.25, 0.3) is 5.65 Å². The fourth-order valence-corrected chi connectivity index (χ4v) is 4.81. The first kappa shape index (κ1) is 33.2. The van der Waals surface area contributed by atoms with Crippen molar-refractivity contribution in [3.05, 3.63) is 47.7 Å². The van der Waals surface area contributed by atoms with Crippen LogP contribution >= 0.6 is 0 Å². The van der Waals surface area contributed by atoms with E-state index in [-0.39, 0.29) is 48.9 Å². The van der Waals surface area contributed by atoms with Gasteiger partial charge in [0.15, 0.2) is 11.2 Å². The molecule has 1 aliphatic carbocycles. The van der Waals surface area contributed by atoms with E-state index in [1.165, 1.54) is 41.0 Å². The number of alkyl halides is 5. The van der Waals surface area contributed by atoms with E-state index in [2.05, 4.69) is 25.8 Å². The van der Waals surface area contributed by atoms with Gasteiger partial charge in [-0.2, -0.15) is 23.4 Å². The third-order valence-corrected chi connectivity index (χ3v) is 7.43. The first-order chi connectivity index (χ1) is 20.5. The highest BCUT2D eigenvalue weighted by Crippen LogP contribution is 2.44. The lowest BCUT2D eigenvalue weighted by Crippen LogP contribution is -2.44. The summed E-state index contributed by atoms with van der Waals surface area (Å²) in [6, 6.07) is 1.15. The Hall–Kier alpha value is -3.66. The molecule has 16 heteroatoms. The Kier molecular flexibility index (Phi) is 9.63. The summed E-state index contributed by atoms with van der Waals surface area (Å²) in [6.45, 7) is 4.92. The fourth-order valence-electron chi connectivity index (χ4n) is 4.81. The van der Waals surface area contributed by atoms with Gasteiger partial charge in [-0.15, -0.1) is 0 Å². The molecule has 3 heterocycles. The van der Waals surface area contributed by atoms with E-state index in [1.54, 1.807) is 6.07 Å². The largest absolute Gasteiger partial charge is 0.416 e. The van der Waals surface area contributed by atoms with E-state index in [4.69, 9.17) is 9.47 Å². The Morgan fingerprint density at radius 1 is 1.11 bits per heavy atom. The molecule has 44 heavy (non-hydrogen) atoms. The number of nitrogens with zero attached hydrogens (tertiary/aromatic N) is 5. The second-order valence-corrected chi connectivity index (χ2v) is 11.8. The lowest BCUT2D eigenvalue weighted by atomic mass is 9.79. The molecular weight excluding hydrogens is 593 g/mol. The molecule has 0 aromatic carbocycles. The van der Waals surface area contributed by atoms with Crippen molar-refractivity contribution < 1.29 is 41.0 Å². The van der Waals surface area contributed by atoms with Crippen LogP contribution in [0.2, 0.25) is 0 Å². The number of imidazole rings is 1. The van der Waals surface area contributed by atoms with Gasteiger partial charge in [-0.25, -0.2) is 18.3 Å². The number of hydrogen-bond acceptors (Lipinski definition) is 7. The summed E-state index contributed by atoms with van der Waals surface area (Å²) < 4.78 is 80.4. The normalized spacial score (nSPS) is 17.0. The molecular formula is C28H36F5N7O4. The number of methoxy groups -OCH3 is 1. The van der Waals surface area contributed by atoms with Crippen LogP contribution in [0.5, 0.6) is 0 Å². The van der Waals surface area contributed by atoms with E-state index in [0.717, 1.165) is 13.8 Å². The van der Waals surface area contributed by atoms with Gasteiger partial charge in [-0.3, -0.25) is 14.3 Å². The van der Waals surface area contributed by atoms with Crippen molar-refractivity contribution in [1.29, 1.82) is 0 Å². The lowest BCUT2D eigenvalue weighted by Gasteiger charge is -2.34. The first-order valence-corrected chi connectivity index (χ1v) is 14.1. The van der Waals surface area contributed by atoms with Crippen molar-refractivity contribution in [2.45, 2.75) is 82.8 Å². The molecule has 1 unspecified atom stereocenters. The topological polar surface area (TPSA) is 125 Å². The number of rotatable bonds is 13. The zero-order chi connectivity index (χ0) is 32.4. The molecule has 3 aromatic rings. The van der Waals surface area contributed by atoms with E-state index in [1.807, 2.05) is 13.8 Å². The van der Waals surface area contributed by atoms with Crippen LogP contribution in [0.4, 0.5) is 22.0 Å². The van der Waals surface area contributed by atoms with Crippen molar-refractivity contribution in [2.75, 3.05) is 20.3 Å². The molecule has 242 valence electrons. The number of nitrogens with one attached hydrogen (secondary N) is 2. The molecule has 0 aliphatic heterocycles. The van der Waals surface area contributed by atoms with Crippen LogP contribution in [0.15, 0.2) is 30.7 Å². The Bertz CT molecular complexity index is 1460. The summed E-state index contributed by atoms with van der Waals surface area (Å²) in [5, 5.41) is 13.9. The maximum Gasteiger partial charge on any atom is 0.416 e. The van der Waals surface area contributed by atoms with E-state index >= 15 is 0 Å². The molecule has 11 nitrogen and oxygen atoms in total. The number of halogens is 5. The third-order valence-electron chi connectivity index (χ3n) is 7.43. The standard InChI is InChI=1S/C28H36F5N7O4/c1-16(2)40-22(6-7-34-40)25(42)38-21(15-44-26(3,4)28(31,32)33)19-13-39-23(36-19)9-18(12-35-39)20(14-43-5)37-24(41)8-17-10-27(29,30)11-17/h6-7,9,12-13,16-17,20-21H,8,10-11,14-15H2,1-5H3,(H,37,41)(H,38,42)/t20?,21-/m0/s1. The number of amides is 2. The van der Waals surface area contributed by atoms with Crippen LogP contribution in [-0.4, -0.2) is 74.2 Å². The average molecular weight is 630 g/mol. The van der Waals surface area contributed by atoms with Crippen LogP contribution in [0.1, 0.15) is 86.8 Å². The number of fused-ring (bicyclic) bond motifs is 1. The van der Waals surface area contributed by atoms with Crippen LogP contribution in [0, 0.1) is 5.92 Å². The van der Waals surface area contributed by atoms with Crippen molar-refractivity contribution in [1.82, 2.24) is 35.0 Å². The zero-order valence-corrected chi connectivity index (χ0v) is 25.0. The minimum absolute atomic E-state index is 0.0512. The SMILES string of the molecule is COCC(NC(=O)CC1CC(F)(F)C1)c1cnn2cc([C@H](COC(C)(C)C(F)(F)F)NC(=O)c3ccnn3C(C)C)nc2c1. The summed E-state index contributed by atoms with van der Waals surface area (Å²) >= 11 is 0. The van der Waals surface area contributed by atoms with E-state index in [9.17, 15) is 31.5 Å². The van der Waals surface area contributed by atoms with Crippen molar-refractivity contribution in [2.24, 2.45) is 5.92 Å². The second kappa shape index (κ2) is 12.8. The quantitative estimate of drug-likeness (QED) is 0.266. The van der Waals surface area contributed by atoms with Crippen molar-refractivity contribution >= 4 is 17.5 Å². The first-order valence-electron chi connectivity index (χ1n) is 14.1. The van der Waals surface area contributed by atoms with Gasteiger partial charge in [-0.1, -0.05) is 0 Å². The molecule has 0 radical (unpaired) electrons. The highest BCUT2D eigenvalue weighted by atomic mass is 19.4. The van der Waals surface area contributed by atoms with Crippen LogP contribution < -0.4 is 10.6 Å². The number of aromatic nitrogens is 5. The van der Waals surface area contributed by atoms with Crippen molar-refractivity contribution in [3.63, 3.8) is 0 Å². The number of ether oxygens (including phenoxy) is 2. The maximum atomic E-state index is 13.6. The Balaban J connectivity index is 1.57. The van der Waals surface area contributed by atoms with Gasteiger partial charge in [0, 0.05) is 44.2 Å². The van der Waals surface area contributed by atoms with E-state index in [0.29, 0.717) is 5.56 Å². The smallest absolute Gasteiger partial charge is 0.382 e. The summed E-state index contributed by atoms with van der Waals surface area (Å²) in [6.07, 6.45) is -1.03. The molecule has 0 spiro atoms.